The van der Waals surface area contributed by atoms with Crippen LogP contribution >= 0.6 is 0 Å². The van der Waals surface area contributed by atoms with Crippen LogP contribution in [0.15, 0.2) is 67.0 Å². The minimum Gasteiger partial charge on any atom is -0.490 e. The van der Waals surface area contributed by atoms with Crippen molar-refractivity contribution in [2.24, 2.45) is 0 Å². The number of anilines is 1. The summed E-state index contributed by atoms with van der Waals surface area (Å²) in [6, 6.07) is 13.2. The number of carbonyl (C=O) groups excluding carboxylic acids is 1. The summed E-state index contributed by atoms with van der Waals surface area (Å²) in [4.78, 5) is 19.3. The first-order valence-electron chi connectivity index (χ1n) is 10.6. The Hall–Kier alpha value is -3.88. The topological polar surface area (TPSA) is 67.0 Å². The molecule has 5 rings (SSSR count). The zero-order valence-corrected chi connectivity index (χ0v) is 17.7. The molecule has 2 N–H and O–H groups in total. The van der Waals surface area contributed by atoms with E-state index in [1.54, 1.807) is 18.3 Å². The number of H-pyrrole nitrogens is 1. The molecule has 34 heavy (non-hydrogen) atoms. The standard InChI is InChI=1S/C25H19F4N3O2/c26-20-2-1-9-30-23(20)24(33)32-22-13-31-21-8-7-17(12-19(21)22)34-18-10-15(11-18)14-3-5-16(6-4-14)25(27,28)29/h1-9,12-13,15,18,31H,10-11H2,(H,32,33)/t15-,18-. The molecule has 9 heteroatoms. The number of alkyl halides is 3. The van der Waals surface area contributed by atoms with Crippen LogP contribution in [0.1, 0.15) is 40.4 Å². The highest BCUT2D eigenvalue weighted by Gasteiger charge is 2.34. The number of halogens is 4. The molecule has 4 aromatic rings. The van der Waals surface area contributed by atoms with E-state index >= 15 is 0 Å². The molecule has 5 nitrogen and oxygen atoms in total. The first-order chi connectivity index (χ1) is 16.3. The number of amides is 1. The molecule has 2 heterocycles. The number of pyridine rings is 1. The van der Waals surface area contributed by atoms with Crippen LogP contribution in [0.25, 0.3) is 10.9 Å². The smallest absolute Gasteiger partial charge is 0.416 e. The van der Waals surface area contributed by atoms with Gasteiger partial charge in [-0.15, -0.1) is 0 Å². The lowest BCUT2D eigenvalue weighted by molar-refractivity contribution is -0.137. The number of aromatic nitrogens is 2. The van der Waals surface area contributed by atoms with Gasteiger partial charge in [-0.1, -0.05) is 12.1 Å². The number of rotatable bonds is 5. The molecule has 1 saturated carbocycles. The lowest BCUT2D eigenvalue weighted by Crippen LogP contribution is -2.32. The second-order valence-corrected chi connectivity index (χ2v) is 8.23. The summed E-state index contributed by atoms with van der Waals surface area (Å²) < 4.78 is 58.1. The van der Waals surface area contributed by atoms with E-state index in [0.29, 0.717) is 29.7 Å². The molecule has 0 atom stereocenters. The molecule has 2 aromatic heterocycles. The lowest BCUT2D eigenvalue weighted by atomic mass is 9.77. The fourth-order valence-corrected chi connectivity index (χ4v) is 4.08. The molecular formula is C25H19F4N3O2. The summed E-state index contributed by atoms with van der Waals surface area (Å²) in [5.41, 5.74) is 1.14. The lowest BCUT2D eigenvalue weighted by Gasteiger charge is -2.35. The highest BCUT2D eigenvalue weighted by atomic mass is 19.4. The van der Waals surface area contributed by atoms with Crippen LogP contribution in [0, 0.1) is 5.82 Å². The maximum atomic E-state index is 13.9. The maximum absolute atomic E-state index is 13.9. The molecule has 0 saturated heterocycles. The van der Waals surface area contributed by atoms with Crippen molar-refractivity contribution in [1.82, 2.24) is 9.97 Å². The van der Waals surface area contributed by atoms with E-state index in [1.807, 2.05) is 6.07 Å². The van der Waals surface area contributed by atoms with E-state index < -0.39 is 23.5 Å². The quantitative estimate of drug-likeness (QED) is 0.337. The van der Waals surface area contributed by atoms with E-state index in [0.717, 1.165) is 23.2 Å². The van der Waals surface area contributed by atoms with Crippen molar-refractivity contribution in [3.05, 3.63) is 89.6 Å². The first-order valence-corrected chi connectivity index (χ1v) is 10.6. The van der Waals surface area contributed by atoms with Crippen molar-refractivity contribution < 1.29 is 27.1 Å². The summed E-state index contributed by atoms with van der Waals surface area (Å²) >= 11 is 0. The van der Waals surface area contributed by atoms with E-state index in [9.17, 15) is 22.4 Å². The number of carbonyl (C=O) groups is 1. The minimum absolute atomic E-state index is 0.0654. The maximum Gasteiger partial charge on any atom is 0.416 e. The fourth-order valence-electron chi connectivity index (χ4n) is 4.08. The Morgan fingerprint density at radius 2 is 1.85 bits per heavy atom. The molecule has 0 radical (unpaired) electrons. The first kappa shape index (κ1) is 21.9. The predicted molar refractivity (Wildman–Crippen MR) is 118 cm³/mol. The second-order valence-electron chi connectivity index (χ2n) is 8.23. The molecule has 1 fully saturated rings. The largest absolute Gasteiger partial charge is 0.490 e. The molecule has 0 unspecified atom stereocenters. The summed E-state index contributed by atoms with van der Waals surface area (Å²) in [6.45, 7) is 0. The van der Waals surface area contributed by atoms with Gasteiger partial charge in [0.15, 0.2) is 11.5 Å². The normalized spacial score (nSPS) is 17.9. The van der Waals surface area contributed by atoms with Crippen molar-refractivity contribution in [3.63, 3.8) is 0 Å². The van der Waals surface area contributed by atoms with Gasteiger partial charge in [-0.25, -0.2) is 9.37 Å². The zero-order valence-electron chi connectivity index (χ0n) is 17.7. The van der Waals surface area contributed by atoms with Crippen molar-refractivity contribution in [2.75, 3.05) is 5.32 Å². The van der Waals surface area contributed by atoms with Crippen molar-refractivity contribution in [3.8, 4) is 5.75 Å². The van der Waals surface area contributed by atoms with E-state index in [2.05, 4.69) is 15.3 Å². The summed E-state index contributed by atoms with van der Waals surface area (Å²) in [5, 5.41) is 3.36. The van der Waals surface area contributed by atoms with Gasteiger partial charge < -0.3 is 15.0 Å². The Morgan fingerprint density at radius 3 is 2.56 bits per heavy atom. The van der Waals surface area contributed by atoms with Crippen LogP contribution in [0.3, 0.4) is 0 Å². The Bertz CT molecular complexity index is 1340. The number of ether oxygens (including phenoxy) is 1. The fraction of sp³-hybridized carbons (Fsp3) is 0.200. The van der Waals surface area contributed by atoms with E-state index in [-0.39, 0.29) is 17.7 Å². The highest BCUT2D eigenvalue weighted by molar-refractivity contribution is 6.08. The van der Waals surface area contributed by atoms with Crippen molar-refractivity contribution in [1.29, 1.82) is 0 Å². The van der Waals surface area contributed by atoms with Gasteiger partial charge >= 0.3 is 6.18 Å². The predicted octanol–water partition coefficient (Wildman–Crippen LogP) is 6.30. The molecular weight excluding hydrogens is 450 g/mol. The summed E-state index contributed by atoms with van der Waals surface area (Å²) in [6.07, 6.45) is -0.0696. The molecule has 2 aromatic carbocycles. The van der Waals surface area contributed by atoms with Crippen LogP contribution in [0.2, 0.25) is 0 Å². The van der Waals surface area contributed by atoms with Crippen LogP contribution in [-0.2, 0) is 6.18 Å². The van der Waals surface area contributed by atoms with Gasteiger partial charge in [0.25, 0.3) is 5.91 Å². The molecule has 1 aliphatic carbocycles. The van der Waals surface area contributed by atoms with Crippen molar-refractivity contribution >= 4 is 22.5 Å². The van der Waals surface area contributed by atoms with Crippen LogP contribution in [0.5, 0.6) is 5.75 Å². The number of hydrogen-bond donors (Lipinski definition) is 2. The third-order valence-electron chi connectivity index (χ3n) is 5.98. The average Bonchev–Trinajstić information content (AvgIpc) is 3.17. The van der Waals surface area contributed by atoms with Gasteiger partial charge in [-0.2, -0.15) is 13.2 Å². The van der Waals surface area contributed by atoms with Gasteiger partial charge in [0.2, 0.25) is 0 Å². The number of fused-ring (bicyclic) bond motifs is 1. The summed E-state index contributed by atoms with van der Waals surface area (Å²) in [5.74, 6) is -0.631. The van der Waals surface area contributed by atoms with Crippen LogP contribution in [-0.4, -0.2) is 22.0 Å². The summed E-state index contributed by atoms with van der Waals surface area (Å²) in [7, 11) is 0. The van der Waals surface area contributed by atoms with Gasteiger partial charge in [-0.3, -0.25) is 4.79 Å². The van der Waals surface area contributed by atoms with E-state index in [4.69, 9.17) is 4.74 Å². The molecule has 1 amide bonds. The van der Waals surface area contributed by atoms with Crippen LogP contribution in [0.4, 0.5) is 23.2 Å². The molecule has 0 bridgehead atoms. The number of hydrogen-bond acceptors (Lipinski definition) is 3. The number of benzene rings is 2. The molecule has 174 valence electrons. The number of aromatic amines is 1. The SMILES string of the molecule is O=C(Nc1c[nH]c2ccc(O[C@H]3C[C@H](c4ccc(C(F)(F)F)cc4)C3)cc12)c1ncccc1F. The van der Waals surface area contributed by atoms with E-state index in [1.165, 1.54) is 30.5 Å². The van der Waals surface area contributed by atoms with Crippen molar-refractivity contribution in [2.45, 2.75) is 31.0 Å². The molecule has 1 aliphatic rings. The number of nitrogens with zero attached hydrogens (tertiary/aromatic N) is 1. The monoisotopic (exact) mass is 469 g/mol. The van der Waals surface area contributed by atoms with Crippen LogP contribution < -0.4 is 10.1 Å². The highest BCUT2D eigenvalue weighted by Crippen LogP contribution is 2.41. The zero-order chi connectivity index (χ0) is 23.9. The Morgan fingerprint density at radius 1 is 1.09 bits per heavy atom. The number of nitrogens with one attached hydrogen (secondary N) is 2. The van der Waals surface area contributed by atoms with Gasteiger partial charge in [0.1, 0.15) is 5.75 Å². The van der Waals surface area contributed by atoms with Gasteiger partial charge in [-0.05, 0) is 66.8 Å². The Labute approximate surface area is 191 Å². The molecule has 0 aliphatic heterocycles. The Balaban J connectivity index is 1.24. The van der Waals surface area contributed by atoms with Gasteiger partial charge in [0, 0.05) is 23.3 Å². The second kappa shape index (κ2) is 8.48. The Kier molecular flexibility index (Phi) is 5.47. The third-order valence-corrected chi connectivity index (χ3v) is 5.98. The third kappa shape index (κ3) is 4.33. The molecule has 0 spiro atoms. The average molecular weight is 469 g/mol. The minimum atomic E-state index is -4.34. The van der Waals surface area contributed by atoms with Gasteiger partial charge in [0.05, 0.1) is 17.4 Å².